The summed E-state index contributed by atoms with van der Waals surface area (Å²) in [6, 6.07) is 9.09. The summed E-state index contributed by atoms with van der Waals surface area (Å²) >= 11 is 1.94. The molecule has 3 rings (SSSR count). The predicted octanol–water partition coefficient (Wildman–Crippen LogP) is 2.03. The van der Waals surface area contributed by atoms with Gasteiger partial charge in [-0.15, -0.1) is 0 Å². The molecule has 2 aromatic carbocycles. The summed E-state index contributed by atoms with van der Waals surface area (Å²) in [5, 5.41) is 13.6. The molecular formula is C19H17FIN3O5. The molecule has 1 fully saturated rings. The normalized spacial score (nSPS) is 16.0. The van der Waals surface area contributed by atoms with Crippen molar-refractivity contribution in [1.82, 2.24) is 10.2 Å². The fourth-order valence-electron chi connectivity index (χ4n) is 2.74. The number of benzene rings is 2. The van der Waals surface area contributed by atoms with Gasteiger partial charge in [-0.3, -0.25) is 14.5 Å². The van der Waals surface area contributed by atoms with Gasteiger partial charge in [-0.25, -0.2) is 9.18 Å². The standard InChI is InChI=1S/C19H17FIN3O5/c20-14-9-12(21)3-6-15(14)22-16(26)10-24-18(27)17(23-19(24)28)11-1-4-13(5-2-11)29-8-7-25/h1-6,9,17,25H,7-8,10H2,(H,22,26)(H,23,28). The number of nitrogens with zero attached hydrogens (tertiary/aromatic N) is 1. The zero-order chi connectivity index (χ0) is 21.0. The summed E-state index contributed by atoms with van der Waals surface area (Å²) in [5.41, 5.74) is 0.490. The number of rotatable bonds is 7. The minimum absolute atomic E-state index is 0.0301. The average Bonchev–Trinajstić information content (AvgIpc) is 2.97. The Hall–Kier alpha value is -2.73. The Morgan fingerprint density at radius 1 is 1.24 bits per heavy atom. The molecule has 0 bridgehead atoms. The Morgan fingerprint density at radius 3 is 2.62 bits per heavy atom. The largest absolute Gasteiger partial charge is 0.491 e. The average molecular weight is 513 g/mol. The molecule has 2 aromatic rings. The molecule has 152 valence electrons. The molecule has 29 heavy (non-hydrogen) atoms. The number of carbonyl (C=O) groups excluding carboxylic acids is 3. The molecule has 0 radical (unpaired) electrons. The summed E-state index contributed by atoms with van der Waals surface area (Å²) in [6.45, 7) is -0.519. The molecule has 1 saturated heterocycles. The Balaban J connectivity index is 1.64. The van der Waals surface area contributed by atoms with Crippen LogP contribution < -0.4 is 15.4 Å². The number of amides is 4. The first-order valence-electron chi connectivity index (χ1n) is 8.59. The van der Waals surface area contributed by atoms with Crippen molar-refractivity contribution in [3.05, 3.63) is 57.4 Å². The van der Waals surface area contributed by atoms with Gasteiger partial charge >= 0.3 is 6.03 Å². The number of aliphatic hydroxyl groups excluding tert-OH is 1. The molecule has 1 atom stereocenters. The fourth-order valence-corrected chi connectivity index (χ4v) is 3.19. The number of urea groups is 1. The van der Waals surface area contributed by atoms with Crippen molar-refractivity contribution >= 4 is 46.1 Å². The topological polar surface area (TPSA) is 108 Å². The number of hydrogen-bond donors (Lipinski definition) is 3. The van der Waals surface area contributed by atoms with Crippen LogP contribution in [0.3, 0.4) is 0 Å². The molecule has 8 nitrogen and oxygen atoms in total. The molecule has 4 amide bonds. The molecule has 0 saturated carbocycles. The first kappa shape index (κ1) is 21.0. The summed E-state index contributed by atoms with van der Waals surface area (Å²) in [4.78, 5) is 37.7. The Morgan fingerprint density at radius 2 is 1.97 bits per heavy atom. The van der Waals surface area contributed by atoms with E-state index in [0.29, 0.717) is 14.9 Å². The van der Waals surface area contributed by atoms with Crippen molar-refractivity contribution in [1.29, 1.82) is 0 Å². The lowest BCUT2D eigenvalue weighted by molar-refractivity contribution is -0.130. The lowest BCUT2D eigenvalue weighted by Gasteiger charge is -2.14. The molecule has 0 aromatic heterocycles. The van der Waals surface area contributed by atoms with E-state index in [-0.39, 0.29) is 18.9 Å². The fraction of sp³-hybridized carbons (Fsp3) is 0.211. The monoisotopic (exact) mass is 513 g/mol. The molecule has 0 spiro atoms. The second kappa shape index (κ2) is 9.18. The van der Waals surface area contributed by atoms with Gasteiger partial charge in [0.2, 0.25) is 5.91 Å². The number of aliphatic hydroxyl groups is 1. The third kappa shape index (κ3) is 5.01. The summed E-state index contributed by atoms with van der Waals surface area (Å²) in [7, 11) is 0. The van der Waals surface area contributed by atoms with Gasteiger partial charge in [0.05, 0.1) is 12.3 Å². The number of anilines is 1. The van der Waals surface area contributed by atoms with Gasteiger partial charge < -0.3 is 20.5 Å². The zero-order valence-electron chi connectivity index (χ0n) is 15.0. The Bertz CT molecular complexity index is 938. The Labute approximate surface area is 179 Å². The van der Waals surface area contributed by atoms with Gasteiger partial charge in [-0.05, 0) is 58.5 Å². The van der Waals surface area contributed by atoms with E-state index in [1.165, 1.54) is 12.1 Å². The van der Waals surface area contributed by atoms with Crippen LogP contribution in [-0.4, -0.2) is 47.6 Å². The quantitative estimate of drug-likeness (QED) is 0.388. The van der Waals surface area contributed by atoms with Crippen molar-refractivity contribution in [3.63, 3.8) is 0 Å². The Kier molecular flexibility index (Phi) is 6.64. The minimum Gasteiger partial charge on any atom is -0.491 e. The number of carbonyl (C=O) groups is 3. The number of nitrogens with one attached hydrogen (secondary N) is 2. The third-order valence-corrected chi connectivity index (χ3v) is 4.78. The maximum Gasteiger partial charge on any atom is 0.325 e. The van der Waals surface area contributed by atoms with E-state index in [1.807, 2.05) is 22.6 Å². The number of imide groups is 1. The van der Waals surface area contributed by atoms with E-state index in [9.17, 15) is 18.8 Å². The summed E-state index contributed by atoms with van der Waals surface area (Å²) in [5.74, 6) is -1.38. The predicted molar refractivity (Wildman–Crippen MR) is 110 cm³/mol. The SMILES string of the molecule is O=C(CN1C(=O)NC(c2ccc(OCCO)cc2)C1=O)Nc1ccc(I)cc1F. The van der Waals surface area contributed by atoms with Crippen molar-refractivity contribution in [3.8, 4) is 5.75 Å². The molecule has 1 aliphatic rings. The lowest BCUT2D eigenvalue weighted by atomic mass is 10.1. The molecule has 1 unspecified atom stereocenters. The smallest absolute Gasteiger partial charge is 0.325 e. The molecule has 0 aliphatic carbocycles. The summed E-state index contributed by atoms with van der Waals surface area (Å²) in [6.07, 6.45) is 0. The zero-order valence-corrected chi connectivity index (χ0v) is 17.2. The second-order valence-corrected chi connectivity index (χ2v) is 7.37. The molecule has 3 N–H and O–H groups in total. The highest BCUT2D eigenvalue weighted by molar-refractivity contribution is 14.1. The van der Waals surface area contributed by atoms with Crippen LogP contribution in [0.5, 0.6) is 5.75 Å². The molecule has 1 aliphatic heterocycles. The minimum atomic E-state index is -0.933. The van der Waals surface area contributed by atoms with Crippen molar-refractivity contribution in [2.24, 2.45) is 0 Å². The number of ether oxygens (including phenoxy) is 1. The van der Waals surface area contributed by atoms with Gasteiger partial charge in [0.1, 0.15) is 30.8 Å². The molecule has 1 heterocycles. The highest BCUT2D eigenvalue weighted by Crippen LogP contribution is 2.24. The molecular weight excluding hydrogens is 496 g/mol. The third-order valence-electron chi connectivity index (χ3n) is 4.11. The van der Waals surface area contributed by atoms with Crippen LogP contribution in [0, 0.1) is 9.39 Å². The maximum absolute atomic E-state index is 13.9. The highest BCUT2D eigenvalue weighted by Gasteiger charge is 2.39. The van der Waals surface area contributed by atoms with Gasteiger partial charge in [-0.2, -0.15) is 0 Å². The molecule has 10 heteroatoms. The first-order valence-corrected chi connectivity index (χ1v) is 9.67. The van der Waals surface area contributed by atoms with E-state index >= 15 is 0 Å². The van der Waals surface area contributed by atoms with E-state index in [2.05, 4.69) is 10.6 Å². The van der Waals surface area contributed by atoms with E-state index in [0.717, 1.165) is 4.90 Å². The van der Waals surface area contributed by atoms with Crippen molar-refractivity contribution in [2.75, 3.05) is 25.1 Å². The van der Waals surface area contributed by atoms with Crippen LogP contribution in [0.25, 0.3) is 0 Å². The van der Waals surface area contributed by atoms with Crippen LogP contribution >= 0.6 is 22.6 Å². The van der Waals surface area contributed by atoms with Crippen LogP contribution in [0.2, 0.25) is 0 Å². The van der Waals surface area contributed by atoms with Crippen LogP contribution in [0.15, 0.2) is 42.5 Å². The number of hydrogen-bond acceptors (Lipinski definition) is 5. The van der Waals surface area contributed by atoms with E-state index < -0.39 is 36.2 Å². The van der Waals surface area contributed by atoms with Gasteiger partial charge in [-0.1, -0.05) is 12.1 Å². The maximum atomic E-state index is 13.9. The van der Waals surface area contributed by atoms with Crippen LogP contribution in [-0.2, 0) is 9.59 Å². The number of halogens is 2. The second-order valence-electron chi connectivity index (χ2n) is 6.12. The summed E-state index contributed by atoms with van der Waals surface area (Å²) < 4.78 is 19.8. The van der Waals surface area contributed by atoms with E-state index in [1.54, 1.807) is 30.3 Å². The van der Waals surface area contributed by atoms with Gasteiger partial charge in [0.15, 0.2) is 0 Å². The van der Waals surface area contributed by atoms with Gasteiger partial charge in [0, 0.05) is 3.57 Å². The van der Waals surface area contributed by atoms with Crippen molar-refractivity contribution < 1.29 is 28.6 Å². The van der Waals surface area contributed by atoms with Crippen molar-refractivity contribution in [2.45, 2.75) is 6.04 Å². The van der Waals surface area contributed by atoms with Crippen LogP contribution in [0.1, 0.15) is 11.6 Å². The van der Waals surface area contributed by atoms with Crippen LogP contribution in [0.4, 0.5) is 14.9 Å². The highest BCUT2D eigenvalue weighted by atomic mass is 127. The van der Waals surface area contributed by atoms with Gasteiger partial charge in [0.25, 0.3) is 5.91 Å². The van der Waals surface area contributed by atoms with E-state index in [4.69, 9.17) is 9.84 Å². The first-order chi connectivity index (χ1) is 13.9. The lowest BCUT2D eigenvalue weighted by Crippen LogP contribution is -2.38.